The molecule has 1 saturated heterocycles. The summed E-state index contributed by atoms with van der Waals surface area (Å²) in [4.78, 5) is 26.3. The molecule has 1 fully saturated rings. The van der Waals surface area contributed by atoms with E-state index in [9.17, 15) is 9.59 Å². The third kappa shape index (κ3) is 4.03. The minimum Gasteiger partial charge on any atom is -0.396 e. The van der Waals surface area contributed by atoms with E-state index in [-0.39, 0.29) is 42.7 Å². The average Bonchev–Trinajstić information content (AvgIpc) is 2.90. The molecule has 5 nitrogen and oxygen atoms in total. The SMILES string of the molecule is Cc1ccc(Cl)cc1N1CC(C(=O)NC(C)C(C)CO)CC1=O. The van der Waals surface area contributed by atoms with Crippen LogP contribution < -0.4 is 10.2 Å². The van der Waals surface area contributed by atoms with Crippen LogP contribution in [0.4, 0.5) is 5.69 Å². The molecule has 0 bridgehead atoms. The number of halogens is 1. The van der Waals surface area contributed by atoms with Crippen molar-refractivity contribution in [3.63, 3.8) is 0 Å². The van der Waals surface area contributed by atoms with Gasteiger partial charge < -0.3 is 15.3 Å². The van der Waals surface area contributed by atoms with Crippen LogP contribution in [0.2, 0.25) is 5.02 Å². The number of aliphatic hydroxyl groups is 1. The molecule has 2 N–H and O–H groups in total. The molecule has 0 radical (unpaired) electrons. The highest BCUT2D eigenvalue weighted by atomic mass is 35.5. The summed E-state index contributed by atoms with van der Waals surface area (Å²) in [7, 11) is 0. The van der Waals surface area contributed by atoms with Crippen LogP contribution in [0.15, 0.2) is 18.2 Å². The Balaban J connectivity index is 2.07. The molecule has 2 rings (SSSR count). The molecule has 23 heavy (non-hydrogen) atoms. The molecule has 1 aliphatic rings. The number of carbonyl (C=O) groups is 2. The van der Waals surface area contributed by atoms with Crippen molar-refractivity contribution < 1.29 is 14.7 Å². The second-order valence-electron chi connectivity index (χ2n) is 6.29. The predicted octanol–water partition coefficient (Wildman–Crippen LogP) is 2.13. The first-order valence-corrected chi connectivity index (χ1v) is 8.19. The summed E-state index contributed by atoms with van der Waals surface area (Å²) < 4.78 is 0. The topological polar surface area (TPSA) is 69.6 Å². The summed E-state index contributed by atoms with van der Waals surface area (Å²) in [5.41, 5.74) is 1.71. The molecule has 1 aromatic carbocycles. The Bertz CT molecular complexity index is 606. The smallest absolute Gasteiger partial charge is 0.227 e. The zero-order valence-electron chi connectivity index (χ0n) is 13.7. The molecule has 0 saturated carbocycles. The summed E-state index contributed by atoms with van der Waals surface area (Å²) >= 11 is 6.02. The lowest BCUT2D eigenvalue weighted by atomic mass is 10.0. The third-order valence-electron chi connectivity index (χ3n) is 4.47. The van der Waals surface area contributed by atoms with Crippen LogP contribution in [0.1, 0.15) is 25.8 Å². The van der Waals surface area contributed by atoms with Crippen molar-refractivity contribution in [2.75, 3.05) is 18.1 Å². The number of hydrogen-bond acceptors (Lipinski definition) is 3. The molecule has 3 atom stereocenters. The summed E-state index contributed by atoms with van der Waals surface area (Å²) in [5.74, 6) is -0.622. The lowest BCUT2D eigenvalue weighted by Gasteiger charge is -2.22. The van der Waals surface area contributed by atoms with Gasteiger partial charge in [-0.25, -0.2) is 0 Å². The standard InChI is InChI=1S/C17H23ClN2O3/c1-10-4-5-14(18)7-15(10)20-8-13(6-16(20)22)17(23)19-12(3)11(2)9-21/h4-5,7,11-13,21H,6,8-9H2,1-3H3,(H,19,23). The van der Waals surface area contributed by atoms with Gasteiger partial charge in [0, 0.05) is 36.3 Å². The second-order valence-corrected chi connectivity index (χ2v) is 6.73. The molecule has 0 aromatic heterocycles. The van der Waals surface area contributed by atoms with Gasteiger partial charge in [0.25, 0.3) is 0 Å². The van der Waals surface area contributed by atoms with Gasteiger partial charge >= 0.3 is 0 Å². The zero-order chi connectivity index (χ0) is 17.1. The second kappa shape index (κ2) is 7.32. The maximum absolute atomic E-state index is 12.4. The number of hydrogen-bond donors (Lipinski definition) is 2. The van der Waals surface area contributed by atoms with Gasteiger partial charge in [-0.3, -0.25) is 9.59 Å². The quantitative estimate of drug-likeness (QED) is 0.864. The predicted molar refractivity (Wildman–Crippen MR) is 90.5 cm³/mol. The molecular formula is C17H23ClN2O3. The molecule has 0 spiro atoms. The van der Waals surface area contributed by atoms with Crippen LogP contribution >= 0.6 is 11.6 Å². The largest absolute Gasteiger partial charge is 0.396 e. The third-order valence-corrected chi connectivity index (χ3v) is 4.70. The first-order chi connectivity index (χ1) is 10.8. The fraction of sp³-hybridized carbons (Fsp3) is 0.529. The Morgan fingerprint density at radius 2 is 2.17 bits per heavy atom. The first-order valence-electron chi connectivity index (χ1n) is 7.81. The molecule has 3 unspecified atom stereocenters. The fourth-order valence-corrected chi connectivity index (χ4v) is 2.80. The Hall–Kier alpha value is -1.59. The van der Waals surface area contributed by atoms with E-state index < -0.39 is 0 Å². The van der Waals surface area contributed by atoms with Crippen molar-refractivity contribution in [3.8, 4) is 0 Å². The van der Waals surface area contributed by atoms with Crippen molar-refractivity contribution in [1.29, 1.82) is 0 Å². The zero-order valence-corrected chi connectivity index (χ0v) is 14.4. The van der Waals surface area contributed by atoms with E-state index >= 15 is 0 Å². The summed E-state index contributed by atoms with van der Waals surface area (Å²) in [6.07, 6.45) is 0.192. The minimum atomic E-state index is -0.380. The van der Waals surface area contributed by atoms with Crippen LogP contribution in [0.25, 0.3) is 0 Å². The van der Waals surface area contributed by atoms with Crippen molar-refractivity contribution in [3.05, 3.63) is 28.8 Å². The normalized spacial score (nSPS) is 20.5. The molecule has 6 heteroatoms. The fourth-order valence-electron chi connectivity index (χ4n) is 2.63. The van der Waals surface area contributed by atoms with E-state index in [1.807, 2.05) is 26.8 Å². The van der Waals surface area contributed by atoms with Gasteiger partial charge in [-0.15, -0.1) is 0 Å². The average molecular weight is 339 g/mol. The first kappa shape index (κ1) is 17.8. The van der Waals surface area contributed by atoms with Crippen LogP contribution in [-0.2, 0) is 9.59 Å². The lowest BCUT2D eigenvalue weighted by Crippen LogP contribution is -2.42. The highest BCUT2D eigenvalue weighted by Gasteiger charge is 2.36. The highest BCUT2D eigenvalue weighted by Crippen LogP contribution is 2.30. The van der Waals surface area contributed by atoms with E-state index in [1.54, 1.807) is 17.0 Å². The van der Waals surface area contributed by atoms with Gasteiger partial charge in [-0.2, -0.15) is 0 Å². The Labute approximate surface area is 141 Å². The van der Waals surface area contributed by atoms with Crippen LogP contribution in [-0.4, -0.2) is 36.1 Å². The summed E-state index contributed by atoms with van der Waals surface area (Å²) in [6, 6.07) is 5.27. The van der Waals surface area contributed by atoms with Crippen molar-refractivity contribution in [1.82, 2.24) is 5.32 Å². The Morgan fingerprint density at radius 1 is 1.48 bits per heavy atom. The minimum absolute atomic E-state index is 0.0128. The van der Waals surface area contributed by atoms with Gasteiger partial charge in [0.2, 0.25) is 11.8 Å². The molecule has 2 amide bonds. The number of carbonyl (C=O) groups excluding carboxylic acids is 2. The van der Waals surface area contributed by atoms with Gasteiger partial charge in [0.15, 0.2) is 0 Å². The maximum atomic E-state index is 12.4. The van der Waals surface area contributed by atoms with Gasteiger partial charge in [0.05, 0.1) is 5.92 Å². The number of aryl methyl sites for hydroxylation is 1. The summed E-state index contributed by atoms with van der Waals surface area (Å²) in [5, 5.41) is 12.6. The molecule has 1 aliphatic heterocycles. The van der Waals surface area contributed by atoms with Gasteiger partial charge in [-0.05, 0) is 37.5 Å². The number of aliphatic hydroxyl groups excluding tert-OH is 1. The van der Waals surface area contributed by atoms with Crippen molar-refractivity contribution >= 4 is 29.1 Å². The van der Waals surface area contributed by atoms with Crippen molar-refractivity contribution in [2.45, 2.75) is 33.2 Å². The van der Waals surface area contributed by atoms with E-state index in [4.69, 9.17) is 16.7 Å². The molecule has 1 heterocycles. The van der Waals surface area contributed by atoms with Gasteiger partial charge in [0.1, 0.15) is 0 Å². The molecule has 126 valence electrons. The lowest BCUT2D eigenvalue weighted by molar-refractivity contribution is -0.127. The van der Waals surface area contributed by atoms with Crippen LogP contribution in [0, 0.1) is 18.8 Å². The number of amides is 2. The number of nitrogens with zero attached hydrogens (tertiary/aromatic N) is 1. The highest BCUT2D eigenvalue weighted by molar-refractivity contribution is 6.31. The Kier molecular flexibility index (Phi) is 5.65. The van der Waals surface area contributed by atoms with Gasteiger partial charge in [-0.1, -0.05) is 24.6 Å². The molecule has 0 aliphatic carbocycles. The van der Waals surface area contributed by atoms with E-state index in [0.29, 0.717) is 11.6 Å². The molecular weight excluding hydrogens is 316 g/mol. The van der Waals surface area contributed by atoms with E-state index in [1.165, 1.54) is 0 Å². The summed E-state index contributed by atoms with van der Waals surface area (Å²) in [6.45, 7) is 6.00. The number of benzene rings is 1. The number of rotatable bonds is 5. The maximum Gasteiger partial charge on any atom is 0.227 e. The molecule has 1 aromatic rings. The Morgan fingerprint density at radius 3 is 2.83 bits per heavy atom. The van der Waals surface area contributed by atoms with Crippen molar-refractivity contribution in [2.24, 2.45) is 11.8 Å². The van der Waals surface area contributed by atoms with E-state index in [2.05, 4.69) is 5.32 Å². The number of anilines is 1. The monoisotopic (exact) mass is 338 g/mol. The van der Waals surface area contributed by atoms with E-state index in [0.717, 1.165) is 11.3 Å². The van der Waals surface area contributed by atoms with Crippen LogP contribution in [0.5, 0.6) is 0 Å². The van der Waals surface area contributed by atoms with Crippen LogP contribution in [0.3, 0.4) is 0 Å². The number of nitrogens with one attached hydrogen (secondary N) is 1.